The predicted molar refractivity (Wildman–Crippen MR) is 377 cm³/mol. The Balaban J connectivity index is 0.0000000861. The number of esters is 4. The van der Waals surface area contributed by atoms with E-state index in [0.29, 0.717) is 46.0 Å². The van der Waals surface area contributed by atoms with Crippen molar-refractivity contribution >= 4 is 23.9 Å². The highest BCUT2D eigenvalue weighted by molar-refractivity contribution is 5.88. The highest BCUT2D eigenvalue weighted by Gasteiger charge is 2.78. The lowest BCUT2D eigenvalue weighted by Crippen LogP contribution is -2.45. The number of carbonyl (C=O) groups is 4. The van der Waals surface area contributed by atoms with E-state index < -0.39 is 0 Å². The first kappa shape index (κ1) is 63.3. The molecular weight excluding hydrogens is 1210 g/mol. The van der Waals surface area contributed by atoms with E-state index in [0.717, 1.165) is 262 Å². The Morgan fingerprint density at radius 2 is 0.439 bits per heavy atom. The van der Waals surface area contributed by atoms with E-state index in [2.05, 4.69) is 54.0 Å². The van der Waals surface area contributed by atoms with Crippen molar-refractivity contribution in [1.29, 1.82) is 0 Å². The maximum Gasteiger partial charge on any atom is 0.333 e. The van der Waals surface area contributed by atoms with Crippen molar-refractivity contribution < 1.29 is 38.1 Å². The summed E-state index contributed by atoms with van der Waals surface area (Å²) in [6.45, 7) is 32.1. The molecule has 0 aromatic rings. The first-order valence-corrected chi connectivity index (χ1v) is 42.7. The molecule has 0 saturated heterocycles. The predicted octanol–water partition coefficient (Wildman–Crippen LogP) is 18.0. The summed E-state index contributed by atoms with van der Waals surface area (Å²) in [5, 5.41) is 0. The number of hydrogen-bond acceptors (Lipinski definition) is 8. The zero-order valence-electron chi connectivity index (χ0n) is 61.4. The van der Waals surface area contributed by atoms with Crippen LogP contribution >= 0.6 is 0 Å². The molecule has 24 fully saturated rings. The molecule has 0 radical (unpaired) electrons. The molecule has 24 rings (SSSR count). The van der Waals surface area contributed by atoms with Crippen molar-refractivity contribution in [3.8, 4) is 0 Å². The third-order valence-corrected chi connectivity index (χ3v) is 39.3. The first-order chi connectivity index (χ1) is 47.2. The Morgan fingerprint density at radius 3 is 0.694 bits per heavy atom. The monoisotopic (exact) mass is 1330 g/mol. The summed E-state index contributed by atoms with van der Waals surface area (Å²) in [6.07, 6.45) is 32.1. The topological polar surface area (TPSA) is 105 Å². The van der Waals surface area contributed by atoms with Gasteiger partial charge in [0.25, 0.3) is 0 Å². The average Bonchev–Trinajstić information content (AvgIpc) is 1.53. The average molecular weight is 1330 g/mol. The van der Waals surface area contributed by atoms with Crippen LogP contribution in [0, 0.1) is 260 Å². The van der Waals surface area contributed by atoms with E-state index >= 15 is 0 Å². The summed E-state index contributed by atoms with van der Waals surface area (Å²) in [5.74, 6) is 42.2. The lowest BCUT2D eigenvalue weighted by Gasteiger charge is -2.48. The van der Waals surface area contributed by atoms with E-state index in [4.69, 9.17) is 18.9 Å². The van der Waals surface area contributed by atoms with Crippen LogP contribution in [-0.4, -0.2) is 48.3 Å². The van der Waals surface area contributed by atoms with Crippen LogP contribution in [-0.2, 0) is 38.1 Å². The van der Waals surface area contributed by atoms with Gasteiger partial charge in [0.1, 0.15) is 24.4 Å². The summed E-state index contributed by atoms with van der Waals surface area (Å²) < 4.78 is 23.5. The lowest BCUT2D eigenvalue weighted by atomic mass is 9.58. The molecule has 532 valence electrons. The van der Waals surface area contributed by atoms with Gasteiger partial charge in [0.2, 0.25) is 0 Å². The Kier molecular flexibility index (Phi) is 14.4. The number of carbonyl (C=O) groups excluding carboxylic acids is 4. The highest BCUT2D eigenvalue weighted by atomic mass is 16.6. The fourth-order valence-corrected chi connectivity index (χ4v) is 38.5. The molecule has 0 spiro atoms. The second-order valence-electron chi connectivity index (χ2n) is 41.8. The number of ether oxygens (including phenoxy) is 4. The molecule has 48 atom stereocenters. The molecular formula is C90H124O8. The van der Waals surface area contributed by atoms with Crippen LogP contribution < -0.4 is 0 Å². The fraction of sp³-hybridized carbons (Fsp3) is 0.867. The standard InChI is InChI=1S/2C23H32O2.2C22H30O2/c1-4-11-5-12-6-14(11)21-16-9-17(19(12)21)22-15-7-13(20(16)22)8-18(15)25-23(24)10(2)3;1-4-11-5-12-6-14(11)21-17-9-16(19(12)21)20-13-7-15(22(17)20)18(8-13)25-23(24)10(2)3;1-9(2)22(23)24-17-7-12-6-14(17)21-16-8-15(19(12)21)20-13-5-11(18(16)20)4-10(13)3;1-9(2)22(23)24-17-7-12-6-14(17)21-16-8-15(19(12)21)18-11-4-10(3)13(5-11)20(16)18/h2*11-22H,2,4-9H2,1,3H3;2*10-21H,1,4-8H2,2-3H3. The first-order valence-electron chi connectivity index (χ1n) is 42.7. The van der Waals surface area contributed by atoms with Gasteiger partial charge in [0, 0.05) is 22.3 Å². The molecule has 0 amide bonds. The Morgan fingerprint density at radius 1 is 0.245 bits per heavy atom. The van der Waals surface area contributed by atoms with Crippen molar-refractivity contribution in [2.75, 3.05) is 0 Å². The van der Waals surface area contributed by atoms with Crippen molar-refractivity contribution in [2.45, 2.75) is 221 Å². The van der Waals surface area contributed by atoms with Crippen LogP contribution in [0.3, 0.4) is 0 Å². The van der Waals surface area contributed by atoms with Gasteiger partial charge >= 0.3 is 23.9 Å². The van der Waals surface area contributed by atoms with Crippen LogP contribution in [0.25, 0.3) is 0 Å². The van der Waals surface area contributed by atoms with Gasteiger partial charge in [-0.15, -0.1) is 0 Å². The van der Waals surface area contributed by atoms with E-state index in [-0.39, 0.29) is 48.3 Å². The molecule has 0 aromatic heterocycles. The van der Waals surface area contributed by atoms with Crippen LogP contribution in [0.15, 0.2) is 48.6 Å². The van der Waals surface area contributed by atoms with Gasteiger partial charge in [-0.05, 0) is 416 Å². The van der Waals surface area contributed by atoms with Crippen LogP contribution in [0.4, 0.5) is 0 Å². The zero-order valence-corrected chi connectivity index (χ0v) is 61.4. The Labute approximate surface area is 588 Å². The van der Waals surface area contributed by atoms with Crippen molar-refractivity contribution in [2.24, 2.45) is 260 Å². The number of hydrogen-bond donors (Lipinski definition) is 0. The molecule has 24 aliphatic rings. The summed E-state index contributed by atoms with van der Waals surface area (Å²) in [6, 6.07) is 0. The SMILES string of the molecule is C=C(C)C(=O)OC1CC2CC1C1C3CC(C21)C1C2CC(CC2C)C31.C=C(C)C(=O)OC1CC2CC1C1C3CC(C21)C1C2CC(CC2CC)C31.C=C(C)C(=O)OC1CC2CC1C1C3CC(C4C5CC(C)C(C5)C34)C21.C=C(C)C(=O)OC1CC2CC1C1C3CC(C4C5CC(CC)C(C5)C34)C21. The van der Waals surface area contributed by atoms with E-state index in [1.165, 1.54) is 83.5 Å². The molecule has 48 unspecified atom stereocenters. The van der Waals surface area contributed by atoms with Gasteiger partial charge in [0.05, 0.1) is 0 Å². The molecule has 24 aliphatic carbocycles. The van der Waals surface area contributed by atoms with Crippen molar-refractivity contribution in [3.63, 3.8) is 0 Å². The molecule has 24 saturated carbocycles. The molecule has 0 heterocycles. The zero-order chi connectivity index (χ0) is 66.7. The maximum atomic E-state index is 12.1. The minimum atomic E-state index is -0.154. The normalized spacial score (nSPS) is 60.2. The van der Waals surface area contributed by atoms with Gasteiger partial charge in [-0.3, -0.25) is 0 Å². The smallest absolute Gasteiger partial charge is 0.333 e. The summed E-state index contributed by atoms with van der Waals surface area (Å²) in [5.41, 5.74) is 2.24. The molecule has 0 aliphatic heterocycles. The van der Waals surface area contributed by atoms with Crippen molar-refractivity contribution in [3.05, 3.63) is 48.6 Å². The number of rotatable bonds is 10. The lowest BCUT2D eigenvalue weighted by molar-refractivity contribution is -0.151. The summed E-state index contributed by atoms with van der Waals surface area (Å²) in [7, 11) is 0. The summed E-state index contributed by atoms with van der Waals surface area (Å²) in [4.78, 5) is 48.2. The quantitative estimate of drug-likeness (QED) is 0.0922. The largest absolute Gasteiger partial charge is 0.459 e. The van der Waals surface area contributed by atoms with E-state index in [9.17, 15) is 19.2 Å². The second kappa shape index (κ2) is 22.2. The molecule has 24 bridgehead atoms. The van der Waals surface area contributed by atoms with Gasteiger partial charge in [0.15, 0.2) is 0 Å². The van der Waals surface area contributed by atoms with Gasteiger partial charge in [-0.25, -0.2) is 19.2 Å². The second-order valence-corrected chi connectivity index (χ2v) is 41.8. The summed E-state index contributed by atoms with van der Waals surface area (Å²) >= 11 is 0. The minimum Gasteiger partial charge on any atom is -0.459 e. The van der Waals surface area contributed by atoms with Gasteiger partial charge in [-0.1, -0.05) is 66.9 Å². The van der Waals surface area contributed by atoms with Crippen LogP contribution in [0.1, 0.15) is 197 Å². The fourth-order valence-electron chi connectivity index (χ4n) is 38.5. The third kappa shape index (κ3) is 8.43. The van der Waals surface area contributed by atoms with E-state index in [1.54, 1.807) is 59.8 Å². The van der Waals surface area contributed by atoms with Gasteiger partial charge in [-0.2, -0.15) is 0 Å². The Bertz CT molecular complexity index is 3390. The highest BCUT2D eigenvalue weighted by Crippen LogP contribution is 2.82. The molecule has 8 heteroatoms. The molecule has 0 aromatic carbocycles. The van der Waals surface area contributed by atoms with E-state index in [1.807, 2.05) is 0 Å². The molecule has 8 nitrogen and oxygen atoms in total. The molecule has 98 heavy (non-hydrogen) atoms. The Hall–Kier alpha value is -3.16. The van der Waals surface area contributed by atoms with Crippen LogP contribution in [0.5, 0.6) is 0 Å². The molecule has 0 N–H and O–H groups in total. The van der Waals surface area contributed by atoms with Gasteiger partial charge < -0.3 is 18.9 Å². The van der Waals surface area contributed by atoms with Crippen LogP contribution in [0.2, 0.25) is 0 Å². The minimum absolute atomic E-state index is 0.152. The number of fused-ring (bicyclic) bond motifs is 64. The third-order valence-electron chi connectivity index (χ3n) is 39.3. The van der Waals surface area contributed by atoms with Crippen molar-refractivity contribution in [1.82, 2.24) is 0 Å². The maximum absolute atomic E-state index is 12.1.